The number of amides is 12. The summed E-state index contributed by atoms with van der Waals surface area (Å²) in [6.07, 6.45) is 5.27. The van der Waals surface area contributed by atoms with Gasteiger partial charge in [-0.15, -0.1) is 0 Å². The number of alkyl halides is 3. The zero-order valence-corrected chi connectivity index (χ0v) is 60.8. The number of fused-ring (bicyclic) bond motifs is 1. The van der Waals surface area contributed by atoms with Crippen LogP contribution in [-0.2, 0) is 70.1 Å². The van der Waals surface area contributed by atoms with Crippen molar-refractivity contribution in [2.45, 2.75) is 229 Å². The fourth-order valence-electron chi connectivity index (χ4n) is 15.5. The van der Waals surface area contributed by atoms with Crippen molar-refractivity contribution in [1.82, 2.24) is 60.0 Å². The highest BCUT2D eigenvalue weighted by Crippen LogP contribution is 2.39. The Balaban J connectivity index is 1.28. The maximum Gasteiger partial charge on any atom is 0.417 e. The molecule has 8 atom stereocenters. The van der Waals surface area contributed by atoms with Crippen LogP contribution in [0.4, 0.5) is 13.2 Å². The second-order valence-corrected chi connectivity index (χ2v) is 29.9. The molecule has 3 saturated carbocycles. The van der Waals surface area contributed by atoms with Gasteiger partial charge in [0.2, 0.25) is 70.9 Å². The van der Waals surface area contributed by atoms with Gasteiger partial charge in [0.05, 0.1) is 36.6 Å². The van der Waals surface area contributed by atoms with E-state index in [9.17, 15) is 46.7 Å². The molecule has 3 aliphatic heterocycles. The Labute approximate surface area is 586 Å². The molecule has 3 aliphatic carbocycles. The number of carbonyl (C=O) groups is 12. The van der Waals surface area contributed by atoms with Crippen LogP contribution in [0.3, 0.4) is 0 Å². The summed E-state index contributed by atoms with van der Waals surface area (Å²) < 4.78 is 41.6. The van der Waals surface area contributed by atoms with Gasteiger partial charge in [-0.05, 0) is 118 Å². The molecule has 0 aromatic heterocycles. The summed E-state index contributed by atoms with van der Waals surface area (Å²) in [4.78, 5) is 190. The van der Waals surface area contributed by atoms with E-state index in [4.69, 9.17) is 11.6 Å². The van der Waals surface area contributed by atoms with Crippen molar-refractivity contribution in [3.8, 4) is 0 Å². The summed E-state index contributed by atoms with van der Waals surface area (Å²) >= 11 is 6.15. The predicted octanol–water partition coefficient (Wildman–Crippen LogP) is 5.64. The van der Waals surface area contributed by atoms with Gasteiger partial charge in [0, 0.05) is 69.0 Å². The van der Waals surface area contributed by atoms with E-state index in [1.54, 1.807) is 11.8 Å². The third kappa shape index (κ3) is 19.7. The lowest BCUT2D eigenvalue weighted by Crippen LogP contribution is -2.65. The molecule has 7 rings (SSSR count). The molecule has 6 fully saturated rings. The van der Waals surface area contributed by atoms with Crippen LogP contribution >= 0.6 is 11.6 Å². The van der Waals surface area contributed by atoms with Crippen molar-refractivity contribution < 1.29 is 70.7 Å². The van der Waals surface area contributed by atoms with E-state index >= 15 is 24.0 Å². The molecule has 0 bridgehead atoms. The molecular formula is C71H108ClF3N12O12. The smallest absolute Gasteiger partial charge is 0.343 e. The lowest BCUT2D eigenvalue weighted by atomic mass is 9.81. The number of nitrogens with zero attached hydrogens (tertiary/aromatic N) is 9. The van der Waals surface area contributed by atoms with Crippen molar-refractivity contribution in [1.29, 1.82) is 0 Å². The third-order valence-corrected chi connectivity index (χ3v) is 22.2. The zero-order chi connectivity index (χ0) is 73.0. The number of carbonyl (C=O) groups excluding carboxylic acids is 12. The summed E-state index contributed by atoms with van der Waals surface area (Å²) in [5.74, 6) is -8.69. The maximum atomic E-state index is 15.7. The van der Waals surface area contributed by atoms with Gasteiger partial charge in [0.25, 0.3) is 0 Å². The Hall–Kier alpha value is -7.06. The minimum Gasteiger partial charge on any atom is -0.343 e. The molecule has 0 unspecified atom stereocenters. The predicted molar refractivity (Wildman–Crippen MR) is 364 cm³/mol. The largest absolute Gasteiger partial charge is 0.417 e. The lowest BCUT2D eigenvalue weighted by molar-refractivity contribution is -0.156. The van der Waals surface area contributed by atoms with Crippen LogP contribution in [0.2, 0.25) is 5.02 Å². The van der Waals surface area contributed by atoms with Gasteiger partial charge in [-0.25, -0.2) is 0 Å². The van der Waals surface area contributed by atoms with Crippen LogP contribution in [0, 0.1) is 23.7 Å². The standard InChI is InChI=1S/C71H108ClF3N12O12/c1-12-45(4)60-67(97)81(7)42-58(90)79(5)43-59(91)83(9)54(39-46-23-16-17-24-46)65(95)80(6)41-56(88)76-51(31-29-47-28-30-49(50(72)38-47)71(73,74)75)64(94)87-36-22-27-52(87)63(93)78-70(32-18-19-33-70)69(99)85(11)61(48-25-14-13-15-26-48)68(98)84(10)55(66(96)86-34-20-21-35-86)40-57(89)82(8)53(37-44(2)3)62(92)77-60/h28,30,38,44-46,48,51-55,60-61H,12-27,29,31-37,39-43H2,1-11H3,(H,76,88)(H,77,92)(H,78,93)/t45-,51-,52-,53-,54-,55-,60-,61-/m0/s1. The number of halogens is 4. The number of nitrogens with one attached hydrogen (secondary N) is 3. The molecule has 1 spiro atoms. The molecule has 1 aromatic carbocycles. The molecule has 1 aromatic rings. The number of benzene rings is 1. The minimum absolute atomic E-state index is 0.0306. The Morgan fingerprint density at radius 2 is 1.23 bits per heavy atom. The van der Waals surface area contributed by atoms with E-state index in [1.165, 1.54) is 79.9 Å². The van der Waals surface area contributed by atoms with Crippen molar-refractivity contribution in [3.05, 3.63) is 34.3 Å². The molecule has 3 heterocycles. The van der Waals surface area contributed by atoms with Crippen LogP contribution in [0.1, 0.15) is 180 Å². The Morgan fingerprint density at radius 3 is 1.84 bits per heavy atom. The molecular weight excluding hydrogens is 1310 g/mol. The van der Waals surface area contributed by atoms with Gasteiger partial charge in [0.15, 0.2) is 0 Å². The Kier molecular flexibility index (Phi) is 28.0. The number of rotatable bonds is 11. The summed E-state index contributed by atoms with van der Waals surface area (Å²) in [6.45, 7) is 6.46. The molecule has 28 heteroatoms. The fraction of sp³-hybridized carbons (Fsp3) is 0.746. The Bertz CT molecular complexity index is 3100. The second-order valence-electron chi connectivity index (χ2n) is 29.5. The van der Waals surface area contributed by atoms with Gasteiger partial charge in [-0.3, -0.25) is 57.5 Å². The van der Waals surface area contributed by atoms with Crippen molar-refractivity contribution >= 4 is 82.5 Å². The lowest BCUT2D eigenvalue weighted by Gasteiger charge is -2.43. The Morgan fingerprint density at radius 1 is 0.626 bits per heavy atom. The summed E-state index contributed by atoms with van der Waals surface area (Å²) in [7, 11) is 9.99. The van der Waals surface area contributed by atoms with Crippen molar-refractivity contribution in [3.63, 3.8) is 0 Å². The second kappa shape index (κ2) is 35.0. The van der Waals surface area contributed by atoms with Gasteiger partial charge >= 0.3 is 6.18 Å². The molecule has 12 amide bonds. The normalized spacial score (nSPS) is 26.8. The highest BCUT2D eigenvalue weighted by atomic mass is 35.5. The van der Waals surface area contributed by atoms with Crippen LogP contribution in [0.5, 0.6) is 0 Å². The highest BCUT2D eigenvalue weighted by molar-refractivity contribution is 6.31. The first kappa shape index (κ1) is 79.3. The van der Waals surface area contributed by atoms with Crippen LogP contribution in [0.25, 0.3) is 0 Å². The van der Waals surface area contributed by atoms with Crippen LogP contribution < -0.4 is 16.0 Å². The molecule has 24 nitrogen and oxygen atoms in total. The highest BCUT2D eigenvalue weighted by Gasteiger charge is 2.52. The summed E-state index contributed by atoms with van der Waals surface area (Å²) in [6, 6.07) is -5.50. The molecule has 99 heavy (non-hydrogen) atoms. The average molecular weight is 1410 g/mol. The van der Waals surface area contributed by atoms with E-state index in [1.807, 2.05) is 20.8 Å². The molecule has 6 aliphatic rings. The van der Waals surface area contributed by atoms with E-state index in [-0.39, 0.29) is 63.3 Å². The first-order chi connectivity index (χ1) is 46.7. The molecule has 3 saturated heterocycles. The van der Waals surface area contributed by atoms with Crippen LogP contribution in [0.15, 0.2) is 18.2 Å². The van der Waals surface area contributed by atoms with E-state index in [0.717, 1.165) is 71.8 Å². The van der Waals surface area contributed by atoms with Crippen molar-refractivity contribution in [2.75, 3.05) is 88.6 Å². The van der Waals surface area contributed by atoms with Gasteiger partial charge in [-0.2, -0.15) is 13.2 Å². The molecule has 552 valence electrons. The number of likely N-dealkylation sites (tertiary alicyclic amines) is 1. The van der Waals surface area contributed by atoms with E-state index in [0.29, 0.717) is 70.0 Å². The van der Waals surface area contributed by atoms with E-state index in [2.05, 4.69) is 16.0 Å². The number of likely N-dealkylation sites (N-methyl/N-ethyl adjacent to an activating group) is 7. The van der Waals surface area contributed by atoms with Crippen molar-refractivity contribution in [2.24, 2.45) is 23.7 Å². The molecule has 0 radical (unpaired) electrons. The quantitative estimate of drug-likeness (QED) is 0.243. The van der Waals surface area contributed by atoms with Gasteiger partial charge in [0.1, 0.15) is 47.8 Å². The monoisotopic (exact) mass is 1410 g/mol. The fourth-order valence-corrected chi connectivity index (χ4v) is 15.8. The summed E-state index contributed by atoms with van der Waals surface area (Å²) in [5.41, 5.74) is -2.33. The number of aryl methyl sites for hydroxylation is 1. The SMILES string of the molecule is CC[C@H](C)[C@@H]1NC(=O)[C@H](CC(C)C)N(C)C(=O)C[C@@H](C(=O)N2CCCC2)N(C)C(=O)[C@H](C2CCCCC2)N(C)C(=O)C2(CCCC2)NC(=O)[C@@H]2CCCN2C(=O)[C@H](CCc2ccc(C(F)(F)F)c(Cl)c2)NC(=O)CN(C)C(=O)[C@H](CC2CCCC2)N(C)C(=O)CN(C)C(=O)CN(C)C1=O. The van der Waals surface area contributed by atoms with Crippen LogP contribution in [-0.4, -0.2) is 251 Å². The first-order valence-corrected chi connectivity index (χ1v) is 36.2. The molecule has 3 N–H and O–H groups in total. The number of hydrogen-bond acceptors (Lipinski definition) is 12. The minimum atomic E-state index is -4.76. The van der Waals surface area contributed by atoms with E-state index < -0.39 is 173 Å². The van der Waals surface area contributed by atoms with Gasteiger partial charge in [-0.1, -0.05) is 110 Å². The maximum absolute atomic E-state index is 15.7. The average Bonchev–Trinajstić information content (AvgIpc) is 1.73. The third-order valence-electron chi connectivity index (χ3n) is 21.9. The first-order valence-electron chi connectivity index (χ1n) is 35.9. The number of hydrogen-bond donors (Lipinski definition) is 3. The zero-order valence-electron chi connectivity index (χ0n) is 60.0. The summed E-state index contributed by atoms with van der Waals surface area (Å²) in [5, 5.41) is 8.17. The topological polar surface area (TPSA) is 270 Å². The van der Waals surface area contributed by atoms with Gasteiger partial charge < -0.3 is 60.0 Å².